The van der Waals surface area contributed by atoms with Gasteiger partial charge in [-0.15, -0.1) is 11.3 Å². The molecular weight excluding hydrogens is 250 g/mol. The maximum absolute atomic E-state index is 6.15. The lowest BCUT2D eigenvalue weighted by atomic mass is 10.00. The third-order valence-corrected chi connectivity index (χ3v) is 3.95. The first-order chi connectivity index (χ1) is 8.16. The van der Waals surface area contributed by atoms with Gasteiger partial charge < -0.3 is 5.73 Å². The first kappa shape index (κ1) is 12.4. The van der Waals surface area contributed by atoms with E-state index in [1.165, 1.54) is 0 Å². The Morgan fingerprint density at radius 3 is 2.53 bits per heavy atom. The summed E-state index contributed by atoms with van der Waals surface area (Å²) >= 11 is 7.45. The SMILES string of the molecule is C=C(CC(N)c1ccccc1)c1ccc(Cl)s1. The molecule has 3 heteroatoms. The summed E-state index contributed by atoms with van der Waals surface area (Å²) < 4.78 is 0.787. The number of benzene rings is 1. The molecule has 0 fully saturated rings. The van der Waals surface area contributed by atoms with Gasteiger partial charge in [0.25, 0.3) is 0 Å². The molecule has 2 rings (SSSR count). The predicted molar refractivity (Wildman–Crippen MR) is 76.4 cm³/mol. The molecule has 1 aromatic carbocycles. The minimum atomic E-state index is -0.00965. The minimum absolute atomic E-state index is 0.00965. The molecule has 0 amide bonds. The molecule has 0 aliphatic heterocycles. The molecule has 17 heavy (non-hydrogen) atoms. The van der Waals surface area contributed by atoms with Crippen molar-refractivity contribution in [3.05, 3.63) is 63.8 Å². The molecular formula is C14H14ClNS. The minimum Gasteiger partial charge on any atom is -0.324 e. The van der Waals surface area contributed by atoms with E-state index >= 15 is 0 Å². The van der Waals surface area contributed by atoms with Gasteiger partial charge in [0, 0.05) is 10.9 Å². The van der Waals surface area contributed by atoms with Crippen molar-refractivity contribution in [3.63, 3.8) is 0 Å². The van der Waals surface area contributed by atoms with Crippen molar-refractivity contribution >= 4 is 28.5 Å². The average Bonchev–Trinajstić information content (AvgIpc) is 2.77. The molecule has 0 spiro atoms. The molecule has 1 unspecified atom stereocenters. The number of rotatable bonds is 4. The molecule has 88 valence electrons. The molecule has 1 aromatic heterocycles. The predicted octanol–water partition coefficient (Wildman–Crippen LogP) is 4.50. The van der Waals surface area contributed by atoms with Crippen LogP contribution in [0.2, 0.25) is 4.34 Å². The third-order valence-electron chi connectivity index (χ3n) is 2.62. The highest BCUT2D eigenvalue weighted by Gasteiger charge is 2.10. The van der Waals surface area contributed by atoms with Gasteiger partial charge in [-0.05, 0) is 29.7 Å². The van der Waals surface area contributed by atoms with Crippen LogP contribution in [0.5, 0.6) is 0 Å². The molecule has 0 saturated heterocycles. The fraction of sp³-hybridized carbons (Fsp3) is 0.143. The van der Waals surface area contributed by atoms with Crippen LogP contribution in [0.1, 0.15) is 22.9 Å². The average molecular weight is 264 g/mol. The smallest absolute Gasteiger partial charge is 0.0934 e. The summed E-state index contributed by atoms with van der Waals surface area (Å²) in [6.45, 7) is 4.08. The van der Waals surface area contributed by atoms with Crippen LogP contribution in [-0.2, 0) is 0 Å². The second kappa shape index (κ2) is 5.50. The molecule has 0 saturated carbocycles. The van der Waals surface area contributed by atoms with E-state index in [2.05, 4.69) is 6.58 Å². The van der Waals surface area contributed by atoms with E-state index in [0.29, 0.717) is 0 Å². The first-order valence-electron chi connectivity index (χ1n) is 5.41. The van der Waals surface area contributed by atoms with E-state index in [9.17, 15) is 0 Å². The fourth-order valence-corrected chi connectivity index (χ4v) is 2.71. The van der Waals surface area contributed by atoms with Crippen molar-refractivity contribution in [1.29, 1.82) is 0 Å². The lowest BCUT2D eigenvalue weighted by Crippen LogP contribution is -2.10. The summed E-state index contributed by atoms with van der Waals surface area (Å²) in [7, 11) is 0. The number of nitrogens with two attached hydrogens (primary N) is 1. The van der Waals surface area contributed by atoms with Gasteiger partial charge in [0.05, 0.1) is 4.34 Å². The zero-order valence-corrected chi connectivity index (χ0v) is 11.0. The highest BCUT2D eigenvalue weighted by atomic mass is 35.5. The van der Waals surface area contributed by atoms with Gasteiger partial charge in [-0.2, -0.15) is 0 Å². The molecule has 0 aliphatic rings. The maximum Gasteiger partial charge on any atom is 0.0934 e. The second-order valence-corrected chi connectivity index (χ2v) is 5.64. The van der Waals surface area contributed by atoms with E-state index in [4.69, 9.17) is 17.3 Å². The highest BCUT2D eigenvalue weighted by Crippen LogP contribution is 2.31. The Hall–Kier alpha value is -1.09. The van der Waals surface area contributed by atoms with Gasteiger partial charge in [0.15, 0.2) is 0 Å². The van der Waals surface area contributed by atoms with Crippen LogP contribution in [0, 0.1) is 0 Å². The van der Waals surface area contributed by atoms with E-state index < -0.39 is 0 Å². The fourth-order valence-electron chi connectivity index (χ4n) is 1.69. The Labute approximate surface area is 111 Å². The molecule has 1 nitrogen and oxygen atoms in total. The Morgan fingerprint density at radius 2 is 1.94 bits per heavy atom. The number of halogens is 1. The van der Waals surface area contributed by atoms with Gasteiger partial charge in [-0.1, -0.05) is 48.5 Å². The van der Waals surface area contributed by atoms with Crippen LogP contribution >= 0.6 is 22.9 Å². The molecule has 0 aliphatic carbocycles. The summed E-state index contributed by atoms with van der Waals surface area (Å²) in [6, 6.07) is 13.9. The summed E-state index contributed by atoms with van der Waals surface area (Å²) in [5.74, 6) is 0. The van der Waals surface area contributed by atoms with Crippen LogP contribution in [0.15, 0.2) is 49.0 Å². The Kier molecular flexibility index (Phi) is 4.00. The van der Waals surface area contributed by atoms with Crippen molar-refractivity contribution in [3.8, 4) is 0 Å². The zero-order chi connectivity index (χ0) is 12.3. The first-order valence-corrected chi connectivity index (χ1v) is 6.60. The number of hydrogen-bond acceptors (Lipinski definition) is 2. The van der Waals surface area contributed by atoms with Crippen molar-refractivity contribution < 1.29 is 0 Å². The number of thiophene rings is 1. The van der Waals surface area contributed by atoms with Crippen molar-refractivity contribution in [2.75, 3.05) is 0 Å². The molecule has 0 bridgehead atoms. The van der Waals surface area contributed by atoms with Gasteiger partial charge >= 0.3 is 0 Å². The number of hydrogen-bond donors (Lipinski definition) is 1. The van der Waals surface area contributed by atoms with E-state index in [1.54, 1.807) is 11.3 Å². The molecule has 0 radical (unpaired) electrons. The Bertz CT molecular complexity index is 504. The summed E-state index contributed by atoms with van der Waals surface area (Å²) in [6.07, 6.45) is 0.751. The third kappa shape index (κ3) is 3.19. The summed E-state index contributed by atoms with van der Waals surface area (Å²) in [5.41, 5.74) is 8.33. The van der Waals surface area contributed by atoms with Crippen LogP contribution in [0.4, 0.5) is 0 Å². The summed E-state index contributed by atoms with van der Waals surface area (Å²) in [4.78, 5) is 1.11. The van der Waals surface area contributed by atoms with E-state index in [1.807, 2.05) is 42.5 Å². The molecule has 2 N–H and O–H groups in total. The lowest BCUT2D eigenvalue weighted by molar-refractivity contribution is 0.753. The van der Waals surface area contributed by atoms with Gasteiger partial charge in [0.1, 0.15) is 0 Å². The monoisotopic (exact) mass is 263 g/mol. The lowest BCUT2D eigenvalue weighted by Gasteiger charge is -2.12. The molecule has 1 heterocycles. The molecule has 2 aromatic rings. The summed E-state index contributed by atoms with van der Waals surface area (Å²) in [5, 5.41) is 0. The van der Waals surface area contributed by atoms with E-state index in [0.717, 1.165) is 26.8 Å². The topological polar surface area (TPSA) is 26.0 Å². The molecule has 1 atom stereocenters. The Balaban J connectivity index is 2.04. The van der Waals surface area contributed by atoms with Gasteiger partial charge in [-0.25, -0.2) is 0 Å². The van der Waals surface area contributed by atoms with Gasteiger partial charge in [0.2, 0.25) is 0 Å². The van der Waals surface area contributed by atoms with Crippen LogP contribution in [0.25, 0.3) is 5.57 Å². The highest BCUT2D eigenvalue weighted by molar-refractivity contribution is 7.17. The van der Waals surface area contributed by atoms with Crippen molar-refractivity contribution in [2.45, 2.75) is 12.5 Å². The Morgan fingerprint density at radius 1 is 1.24 bits per heavy atom. The van der Waals surface area contributed by atoms with E-state index in [-0.39, 0.29) is 6.04 Å². The van der Waals surface area contributed by atoms with Crippen molar-refractivity contribution in [2.24, 2.45) is 5.73 Å². The quantitative estimate of drug-likeness (QED) is 0.863. The standard InChI is InChI=1S/C14H14ClNS/c1-10(13-7-8-14(15)17-13)9-12(16)11-5-3-2-4-6-11/h2-8,12H,1,9,16H2. The van der Waals surface area contributed by atoms with Crippen LogP contribution in [0.3, 0.4) is 0 Å². The normalized spacial score (nSPS) is 12.4. The van der Waals surface area contributed by atoms with Crippen LogP contribution in [-0.4, -0.2) is 0 Å². The van der Waals surface area contributed by atoms with Crippen LogP contribution < -0.4 is 5.73 Å². The second-order valence-electron chi connectivity index (χ2n) is 3.93. The van der Waals surface area contributed by atoms with Crippen molar-refractivity contribution in [1.82, 2.24) is 0 Å². The maximum atomic E-state index is 6.15. The largest absolute Gasteiger partial charge is 0.324 e. The van der Waals surface area contributed by atoms with Gasteiger partial charge in [-0.3, -0.25) is 0 Å². The zero-order valence-electron chi connectivity index (χ0n) is 9.40.